The standard InChI is InChI=1S/C23H27ClN2O9/c1-13(2)35-22(28)19-15(4)25(23(29)34-12-24)14(3)18(21(27)33-10-9-32-5)20(19)16-7-6-8-17(11-16)26(30)31/h6-8,11,13,20H,9-10,12H2,1-5H3. The van der Waals surface area contributed by atoms with Crippen molar-refractivity contribution in [1.29, 1.82) is 0 Å². The Kier molecular flexibility index (Phi) is 9.78. The molecule has 1 unspecified atom stereocenters. The number of allylic oxidation sites excluding steroid dienone is 2. The number of hydrogen-bond acceptors (Lipinski definition) is 9. The number of hydrogen-bond donors (Lipinski definition) is 0. The third-order valence-electron chi connectivity index (χ3n) is 5.11. The molecule has 1 atom stereocenters. The topological polar surface area (TPSA) is 135 Å². The van der Waals surface area contributed by atoms with Gasteiger partial charge < -0.3 is 18.9 Å². The van der Waals surface area contributed by atoms with Crippen LogP contribution in [0, 0.1) is 10.1 Å². The van der Waals surface area contributed by atoms with E-state index in [0.717, 1.165) is 4.90 Å². The average molecular weight is 511 g/mol. The molecule has 1 aliphatic rings. The van der Waals surface area contributed by atoms with Gasteiger partial charge in [0.05, 0.1) is 34.7 Å². The smallest absolute Gasteiger partial charge is 0.419 e. The van der Waals surface area contributed by atoms with E-state index >= 15 is 0 Å². The largest absolute Gasteiger partial charge is 0.460 e. The van der Waals surface area contributed by atoms with Crippen LogP contribution in [0.3, 0.4) is 0 Å². The molecule has 0 radical (unpaired) electrons. The monoisotopic (exact) mass is 510 g/mol. The minimum absolute atomic E-state index is 0.0741. The van der Waals surface area contributed by atoms with Crippen molar-refractivity contribution in [3.8, 4) is 0 Å². The molecule has 0 fully saturated rings. The Morgan fingerprint density at radius 3 is 2.26 bits per heavy atom. The lowest BCUT2D eigenvalue weighted by Gasteiger charge is -2.36. The summed E-state index contributed by atoms with van der Waals surface area (Å²) in [6.45, 7) is 6.23. The van der Waals surface area contributed by atoms with E-state index in [1.54, 1.807) is 13.8 Å². The molecule has 0 saturated carbocycles. The fraction of sp³-hybridized carbons (Fsp3) is 0.435. The number of alkyl halides is 1. The van der Waals surface area contributed by atoms with Crippen LogP contribution in [-0.2, 0) is 28.5 Å². The molecule has 2 rings (SSSR count). The zero-order valence-corrected chi connectivity index (χ0v) is 20.8. The normalized spacial score (nSPS) is 15.9. The molecule has 1 aromatic rings. The molecule has 0 aliphatic carbocycles. The second kappa shape index (κ2) is 12.3. The summed E-state index contributed by atoms with van der Waals surface area (Å²) < 4.78 is 20.6. The van der Waals surface area contributed by atoms with Gasteiger partial charge >= 0.3 is 18.0 Å². The molecule has 12 heteroatoms. The van der Waals surface area contributed by atoms with Crippen molar-refractivity contribution < 1.29 is 38.3 Å². The molecule has 0 saturated heterocycles. The highest BCUT2D eigenvalue weighted by Gasteiger charge is 2.43. The van der Waals surface area contributed by atoms with Crippen molar-refractivity contribution >= 4 is 35.3 Å². The van der Waals surface area contributed by atoms with E-state index in [1.165, 1.54) is 45.2 Å². The van der Waals surface area contributed by atoms with Crippen LogP contribution in [0.2, 0.25) is 0 Å². The number of carbonyl (C=O) groups excluding carboxylic acids is 3. The van der Waals surface area contributed by atoms with Gasteiger partial charge in [-0.1, -0.05) is 23.7 Å². The summed E-state index contributed by atoms with van der Waals surface area (Å²) in [6.07, 6.45) is -1.45. The van der Waals surface area contributed by atoms with Crippen molar-refractivity contribution in [3.05, 3.63) is 62.5 Å². The Bertz CT molecular complexity index is 1060. The van der Waals surface area contributed by atoms with Crippen LogP contribution in [0.4, 0.5) is 10.5 Å². The van der Waals surface area contributed by atoms with Gasteiger partial charge in [0.15, 0.2) is 6.07 Å². The maximum Gasteiger partial charge on any atom is 0.419 e. The van der Waals surface area contributed by atoms with Crippen molar-refractivity contribution in [2.75, 3.05) is 26.4 Å². The summed E-state index contributed by atoms with van der Waals surface area (Å²) in [5.41, 5.74) is 0.0819. The number of esters is 2. The van der Waals surface area contributed by atoms with Gasteiger partial charge in [-0.25, -0.2) is 14.4 Å². The van der Waals surface area contributed by atoms with Gasteiger partial charge in [0.25, 0.3) is 5.69 Å². The van der Waals surface area contributed by atoms with Crippen LogP contribution >= 0.6 is 11.6 Å². The number of amides is 1. The van der Waals surface area contributed by atoms with Gasteiger partial charge in [-0.3, -0.25) is 15.0 Å². The molecular formula is C23H27ClN2O9. The predicted octanol–water partition coefficient (Wildman–Crippen LogP) is 4.02. The second-order valence-electron chi connectivity index (χ2n) is 7.72. The molecule has 1 aromatic carbocycles. The fourth-order valence-electron chi connectivity index (χ4n) is 3.70. The van der Waals surface area contributed by atoms with E-state index in [-0.39, 0.29) is 47.0 Å². The van der Waals surface area contributed by atoms with Crippen molar-refractivity contribution in [2.24, 2.45) is 0 Å². The van der Waals surface area contributed by atoms with Crippen LogP contribution < -0.4 is 0 Å². The number of nitro groups is 1. The first-order chi connectivity index (χ1) is 16.5. The van der Waals surface area contributed by atoms with Gasteiger partial charge in [0, 0.05) is 30.6 Å². The highest BCUT2D eigenvalue weighted by Crippen LogP contribution is 2.44. The molecule has 1 aliphatic heterocycles. The number of ether oxygens (including phenoxy) is 4. The van der Waals surface area contributed by atoms with Gasteiger partial charge in [-0.15, -0.1) is 0 Å². The lowest BCUT2D eigenvalue weighted by Crippen LogP contribution is -2.39. The van der Waals surface area contributed by atoms with Crippen molar-refractivity contribution in [3.63, 3.8) is 0 Å². The molecule has 190 valence electrons. The minimum Gasteiger partial charge on any atom is -0.460 e. The highest BCUT2D eigenvalue weighted by atomic mass is 35.5. The van der Waals surface area contributed by atoms with Gasteiger partial charge in [-0.2, -0.15) is 0 Å². The number of benzene rings is 1. The molecule has 1 amide bonds. The fourth-order valence-corrected chi connectivity index (χ4v) is 3.79. The molecule has 11 nitrogen and oxygen atoms in total. The van der Waals surface area contributed by atoms with Crippen LogP contribution in [0.1, 0.15) is 39.2 Å². The van der Waals surface area contributed by atoms with Crippen LogP contribution in [0.25, 0.3) is 0 Å². The third kappa shape index (κ3) is 6.37. The molecule has 0 spiro atoms. The number of methoxy groups -OCH3 is 1. The molecule has 35 heavy (non-hydrogen) atoms. The van der Waals surface area contributed by atoms with E-state index in [9.17, 15) is 24.5 Å². The number of nitro benzene ring substituents is 1. The molecule has 0 N–H and O–H groups in total. The maximum atomic E-state index is 13.3. The van der Waals surface area contributed by atoms with Crippen molar-refractivity contribution in [1.82, 2.24) is 4.90 Å². The summed E-state index contributed by atoms with van der Waals surface area (Å²) in [7, 11) is 1.43. The van der Waals surface area contributed by atoms with E-state index in [0.29, 0.717) is 0 Å². The van der Waals surface area contributed by atoms with Gasteiger partial charge in [-0.05, 0) is 33.3 Å². The number of rotatable bonds is 9. The number of carbonyl (C=O) groups is 3. The Hall–Kier alpha value is -3.44. The quantitative estimate of drug-likeness (QED) is 0.120. The Balaban J connectivity index is 2.82. The maximum absolute atomic E-state index is 13.3. The first-order valence-electron chi connectivity index (χ1n) is 10.6. The van der Waals surface area contributed by atoms with E-state index in [1.807, 2.05) is 0 Å². The first kappa shape index (κ1) is 27.8. The van der Waals surface area contributed by atoms with E-state index in [2.05, 4.69) is 0 Å². The van der Waals surface area contributed by atoms with E-state index < -0.39 is 41.0 Å². The Labute approximate surface area is 207 Å². The SMILES string of the molecule is COCCOC(=O)C1=C(C)N(C(=O)OCCl)C(C)=C(C(=O)OC(C)C)C1c1cccc([N+](=O)[O-])c1. The highest BCUT2D eigenvalue weighted by molar-refractivity contribution is 6.17. The third-order valence-corrected chi connectivity index (χ3v) is 5.22. The Morgan fingerprint density at radius 2 is 1.71 bits per heavy atom. The molecule has 0 bridgehead atoms. The summed E-state index contributed by atoms with van der Waals surface area (Å²) in [4.78, 5) is 51.2. The lowest BCUT2D eigenvalue weighted by atomic mass is 9.79. The number of non-ortho nitro benzene ring substituents is 1. The zero-order chi connectivity index (χ0) is 26.3. The van der Waals surface area contributed by atoms with Crippen LogP contribution in [0.15, 0.2) is 46.8 Å². The predicted molar refractivity (Wildman–Crippen MR) is 124 cm³/mol. The minimum atomic E-state index is -1.13. The van der Waals surface area contributed by atoms with Crippen LogP contribution in [-0.4, -0.2) is 60.3 Å². The first-order valence-corrected chi connectivity index (χ1v) is 11.1. The zero-order valence-electron chi connectivity index (χ0n) is 20.0. The van der Waals surface area contributed by atoms with Crippen LogP contribution in [0.5, 0.6) is 0 Å². The summed E-state index contributed by atoms with van der Waals surface area (Å²) in [6, 6.07) is 5.04. The van der Waals surface area contributed by atoms with Gasteiger partial charge in [0.2, 0.25) is 0 Å². The molecule has 0 aromatic heterocycles. The Morgan fingerprint density at radius 1 is 1.09 bits per heavy atom. The van der Waals surface area contributed by atoms with Crippen molar-refractivity contribution in [2.45, 2.75) is 39.7 Å². The lowest BCUT2D eigenvalue weighted by molar-refractivity contribution is -0.384. The number of halogens is 1. The number of nitrogens with zero attached hydrogens (tertiary/aromatic N) is 2. The summed E-state index contributed by atoms with van der Waals surface area (Å²) in [5, 5.41) is 11.4. The molecular weight excluding hydrogens is 484 g/mol. The molecule has 1 heterocycles. The summed E-state index contributed by atoms with van der Waals surface area (Å²) >= 11 is 5.57. The average Bonchev–Trinajstić information content (AvgIpc) is 2.78. The summed E-state index contributed by atoms with van der Waals surface area (Å²) in [5.74, 6) is -2.79. The second-order valence-corrected chi connectivity index (χ2v) is 7.94. The van der Waals surface area contributed by atoms with Gasteiger partial charge in [0.1, 0.15) is 6.61 Å². The van der Waals surface area contributed by atoms with E-state index in [4.69, 9.17) is 30.5 Å².